The fourth-order valence-corrected chi connectivity index (χ4v) is 7.18. The van der Waals surface area contributed by atoms with Gasteiger partial charge in [-0.1, -0.05) is 23.4 Å². The number of oxime groups is 1. The van der Waals surface area contributed by atoms with Crippen LogP contribution in [-0.4, -0.2) is 82.4 Å². The van der Waals surface area contributed by atoms with Gasteiger partial charge in [0.05, 0.1) is 10.6 Å². The number of carboxylic acids is 1. The van der Waals surface area contributed by atoms with Crippen LogP contribution in [0, 0.1) is 0 Å². The van der Waals surface area contributed by atoms with Crippen LogP contribution in [0.25, 0.3) is 10.8 Å². The minimum atomic E-state index is -4.08. The summed E-state index contributed by atoms with van der Waals surface area (Å²) in [6.45, 7) is 2.08. The largest absolute Gasteiger partial charge is 0.480 e. The van der Waals surface area contributed by atoms with Gasteiger partial charge in [0.2, 0.25) is 10.0 Å². The van der Waals surface area contributed by atoms with Gasteiger partial charge in [-0.05, 0) is 35.9 Å². The van der Waals surface area contributed by atoms with E-state index in [9.17, 15) is 23.1 Å². The van der Waals surface area contributed by atoms with Gasteiger partial charge in [0.15, 0.2) is 10.8 Å². The Kier molecular flexibility index (Phi) is 6.81. The van der Waals surface area contributed by atoms with Gasteiger partial charge < -0.3 is 26.3 Å². The van der Waals surface area contributed by atoms with E-state index in [1.54, 1.807) is 24.3 Å². The van der Waals surface area contributed by atoms with E-state index in [2.05, 4.69) is 15.5 Å². The van der Waals surface area contributed by atoms with Crippen molar-refractivity contribution in [3.63, 3.8) is 0 Å². The van der Waals surface area contributed by atoms with Crippen molar-refractivity contribution in [2.24, 2.45) is 10.9 Å². The molecule has 14 heteroatoms. The molecule has 0 saturated carbocycles. The Bertz CT molecular complexity index is 1570. The smallest absolute Gasteiger partial charge is 0.327 e. The number of aromatic nitrogens is 1. The fourth-order valence-electron chi connectivity index (χ4n) is 4.71. The van der Waals surface area contributed by atoms with Gasteiger partial charge in [0.25, 0.3) is 5.91 Å². The van der Waals surface area contributed by atoms with Crippen molar-refractivity contribution in [2.75, 3.05) is 19.6 Å². The molecule has 1 fully saturated rings. The third kappa shape index (κ3) is 4.71. The number of rotatable bonds is 5. The molecule has 0 bridgehead atoms. The average molecular weight is 559 g/mol. The molecule has 12 nitrogen and oxygen atoms in total. The molecule has 38 heavy (non-hydrogen) atoms. The number of nitrogens with zero attached hydrogens (tertiary/aromatic N) is 4. The van der Waals surface area contributed by atoms with Crippen molar-refractivity contribution >= 4 is 49.8 Å². The van der Waals surface area contributed by atoms with Gasteiger partial charge in [-0.3, -0.25) is 4.79 Å². The summed E-state index contributed by atoms with van der Waals surface area (Å²) in [7, 11) is -4.08. The van der Waals surface area contributed by atoms with Crippen LogP contribution in [0.4, 0.5) is 0 Å². The maximum absolute atomic E-state index is 13.5. The summed E-state index contributed by atoms with van der Waals surface area (Å²) in [5, 5.41) is 26.7. The second kappa shape index (κ2) is 9.94. The van der Waals surface area contributed by atoms with E-state index in [1.165, 1.54) is 28.4 Å². The number of thiazole rings is 1. The van der Waals surface area contributed by atoms with Crippen LogP contribution in [-0.2, 0) is 27.8 Å². The summed E-state index contributed by atoms with van der Waals surface area (Å²) < 4.78 is 28.1. The number of amides is 1. The monoisotopic (exact) mass is 558 g/mol. The van der Waals surface area contributed by atoms with E-state index in [1.807, 2.05) is 6.92 Å². The quantitative estimate of drug-likeness (QED) is 0.154. The highest BCUT2D eigenvalue weighted by Crippen LogP contribution is 2.28. The topological polar surface area (TPSA) is 179 Å². The number of aliphatic carboxylic acids is 1. The molecule has 0 aliphatic carbocycles. The second-order valence-electron chi connectivity index (χ2n) is 9.30. The standard InChI is InChI=1S/C24H26N6O6S2/c1-13-8-18-20(11-26-13)37-22(27-18)23(31)30-7-6-29(12-19(30)24(32)33)38(35,36)17-5-4-14-2-3-15(21(25)28-34)9-16(14)10-17/h2-5,9-10,13,19,26,34H,6-8,11-12H2,1H3,(H2,25,28)(H,32,33). The van der Waals surface area contributed by atoms with E-state index < -0.39 is 34.5 Å². The number of hydrogen-bond donors (Lipinski definition) is 4. The molecule has 2 unspecified atom stereocenters. The first-order valence-corrected chi connectivity index (χ1v) is 14.1. The van der Waals surface area contributed by atoms with E-state index >= 15 is 0 Å². The van der Waals surface area contributed by atoms with Gasteiger partial charge in [-0.2, -0.15) is 4.31 Å². The SMILES string of the molecule is CC1Cc2nc(C(=O)N3CCN(S(=O)(=O)c4ccc5ccc(/C(N)=N\O)cc5c4)CC3C(=O)O)sc2CN1. The number of benzene rings is 2. The molecular formula is C24H26N6O6S2. The lowest BCUT2D eigenvalue weighted by molar-refractivity contribution is -0.143. The number of carboxylic acid groups (broad SMARTS) is 1. The Morgan fingerprint density at radius 2 is 1.95 bits per heavy atom. The Hall–Kier alpha value is -3.59. The molecule has 0 radical (unpaired) electrons. The number of amidine groups is 1. The van der Waals surface area contributed by atoms with Crippen LogP contribution in [0.1, 0.15) is 32.9 Å². The molecular weight excluding hydrogens is 532 g/mol. The predicted octanol–water partition coefficient (Wildman–Crippen LogP) is 1.02. The van der Waals surface area contributed by atoms with Gasteiger partial charge in [-0.15, -0.1) is 11.3 Å². The van der Waals surface area contributed by atoms with E-state index in [0.29, 0.717) is 23.9 Å². The van der Waals surface area contributed by atoms with Crippen molar-refractivity contribution < 1.29 is 28.3 Å². The van der Waals surface area contributed by atoms with Crippen LogP contribution in [0.5, 0.6) is 0 Å². The zero-order chi connectivity index (χ0) is 27.2. The minimum absolute atomic E-state index is 0.0280. The van der Waals surface area contributed by atoms with Crippen LogP contribution in [0.3, 0.4) is 0 Å². The summed E-state index contributed by atoms with van der Waals surface area (Å²) in [4.78, 5) is 32.0. The van der Waals surface area contributed by atoms with Gasteiger partial charge >= 0.3 is 5.97 Å². The zero-order valence-corrected chi connectivity index (χ0v) is 22.0. The van der Waals surface area contributed by atoms with Gasteiger partial charge in [0.1, 0.15) is 6.04 Å². The second-order valence-corrected chi connectivity index (χ2v) is 12.3. The molecule has 1 saturated heterocycles. The van der Waals surface area contributed by atoms with Crippen LogP contribution in [0.2, 0.25) is 0 Å². The summed E-state index contributed by atoms with van der Waals surface area (Å²) in [6.07, 6.45) is 0.681. The minimum Gasteiger partial charge on any atom is -0.480 e. The number of hydrogen-bond acceptors (Lipinski definition) is 9. The molecule has 5 N–H and O–H groups in total. The third-order valence-corrected chi connectivity index (χ3v) is 9.76. The molecule has 0 spiro atoms. The number of carbonyl (C=O) groups excluding carboxylic acids is 1. The molecule has 3 heterocycles. The lowest BCUT2D eigenvalue weighted by Gasteiger charge is -2.38. The third-order valence-electron chi connectivity index (χ3n) is 6.81. The molecule has 3 aromatic rings. The maximum Gasteiger partial charge on any atom is 0.327 e. The summed E-state index contributed by atoms with van der Waals surface area (Å²) in [5.41, 5.74) is 6.92. The molecule has 2 aliphatic rings. The Labute approximate surface area is 222 Å². The van der Waals surface area contributed by atoms with E-state index in [0.717, 1.165) is 20.3 Å². The average Bonchev–Trinajstić information content (AvgIpc) is 3.34. The Morgan fingerprint density at radius 3 is 2.68 bits per heavy atom. The zero-order valence-electron chi connectivity index (χ0n) is 20.4. The van der Waals surface area contributed by atoms with Crippen LogP contribution < -0.4 is 11.1 Å². The molecule has 200 valence electrons. The summed E-state index contributed by atoms with van der Waals surface area (Å²) in [5.74, 6) is -1.92. The molecule has 5 rings (SSSR count). The van der Waals surface area contributed by atoms with Gasteiger partial charge in [-0.25, -0.2) is 18.2 Å². The van der Waals surface area contributed by atoms with Crippen molar-refractivity contribution in [1.29, 1.82) is 0 Å². The highest BCUT2D eigenvalue weighted by Gasteiger charge is 2.41. The van der Waals surface area contributed by atoms with Crippen LogP contribution in [0.15, 0.2) is 46.4 Å². The number of sulfonamides is 1. The maximum atomic E-state index is 13.5. The molecule has 2 atom stereocenters. The molecule has 1 aromatic heterocycles. The highest BCUT2D eigenvalue weighted by molar-refractivity contribution is 7.89. The Balaban J connectivity index is 1.40. The number of fused-ring (bicyclic) bond motifs is 2. The lowest BCUT2D eigenvalue weighted by atomic mass is 10.1. The normalized spacial score (nSPS) is 20.9. The first-order chi connectivity index (χ1) is 18.1. The number of piperazine rings is 1. The van der Waals surface area contributed by atoms with Gasteiger partial charge in [0, 0.05) is 49.1 Å². The predicted molar refractivity (Wildman–Crippen MR) is 140 cm³/mol. The van der Waals surface area contributed by atoms with Crippen molar-refractivity contribution in [1.82, 2.24) is 19.5 Å². The first kappa shape index (κ1) is 26.0. The summed E-state index contributed by atoms with van der Waals surface area (Å²) >= 11 is 1.24. The van der Waals surface area contributed by atoms with E-state index in [-0.39, 0.29) is 34.9 Å². The molecule has 2 aliphatic heterocycles. The first-order valence-electron chi connectivity index (χ1n) is 11.9. The number of nitrogens with one attached hydrogen (secondary N) is 1. The van der Waals surface area contributed by atoms with Crippen molar-refractivity contribution in [3.05, 3.63) is 57.5 Å². The fraction of sp³-hybridized carbons (Fsp3) is 0.333. The number of nitrogens with two attached hydrogens (primary N) is 1. The number of carbonyl (C=O) groups is 2. The highest BCUT2D eigenvalue weighted by atomic mass is 32.2. The molecule has 2 aromatic carbocycles. The summed E-state index contributed by atoms with van der Waals surface area (Å²) in [6, 6.07) is 8.37. The lowest BCUT2D eigenvalue weighted by Crippen LogP contribution is -2.59. The van der Waals surface area contributed by atoms with Crippen molar-refractivity contribution in [3.8, 4) is 0 Å². The van der Waals surface area contributed by atoms with E-state index in [4.69, 9.17) is 10.9 Å². The Morgan fingerprint density at radius 1 is 1.18 bits per heavy atom. The van der Waals surface area contributed by atoms with Crippen molar-refractivity contribution in [2.45, 2.75) is 36.9 Å². The molecule has 1 amide bonds. The van der Waals surface area contributed by atoms with Crippen LogP contribution >= 0.6 is 11.3 Å².